The summed E-state index contributed by atoms with van der Waals surface area (Å²) in [5.41, 5.74) is -1.06. The predicted octanol–water partition coefficient (Wildman–Crippen LogP) is 2.45. The molecule has 1 aromatic carbocycles. The molecule has 0 aromatic heterocycles. The summed E-state index contributed by atoms with van der Waals surface area (Å²) in [5, 5.41) is 22.3. The molecule has 1 aliphatic carbocycles. The Morgan fingerprint density at radius 3 is 2.63 bits per heavy atom. The third kappa shape index (κ3) is 2.81. The molecule has 0 aliphatic heterocycles. The third-order valence-electron chi connectivity index (χ3n) is 3.51. The number of nitro benzene ring substituents is 1. The van der Waals surface area contributed by atoms with Crippen LogP contribution in [0, 0.1) is 27.2 Å². The van der Waals surface area contributed by atoms with Crippen LogP contribution in [0.2, 0.25) is 0 Å². The Morgan fingerprint density at radius 1 is 1.42 bits per heavy atom. The molecular weight excluding hydrogens is 258 g/mol. The van der Waals surface area contributed by atoms with E-state index in [4.69, 9.17) is 5.11 Å². The second-order valence-electron chi connectivity index (χ2n) is 4.84. The molecule has 7 heteroatoms. The maximum atomic E-state index is 13.6. The number of hydrogen-bond acceptors (Lipinski definition) is 4. The number of rotatable bonds is 6. The van der Waals surface area contributed by atoms with Crippen LogP contribution in [0.1, 0.15) is 19.3 Å². The van der Waals surface area contributed by atoms with Crippen molar-refractivity contribution in [3.63, 3.8) is 0 Å². The summed E-state index contributed by atoms with van der Waals surface area (Å²) in [5.74, 6) is -2.37. The van der Waals surface area contributed by atoms with Gasteiger partial charge in [0, 0.05) is 19.2 Å². The SMILES string of the molecule is O=[N+]([O-])c1ccc(F)c(F)c1NCC1(CCO)CC1. The van der Waals surface area contributed by atoms with E-state index in [0.717, 1.165) is 25.0 Å². The van der Waals surface area contributed by atoms with Crippen molar-refractivity contribution in [3.8, 4) is 0 Å². The van der Waals surface area contributed by atoms with E-state index in [-0.39, 0.29) is 18.6 Å². The number of nitrogens with one attached hydrogen (secondary N) is 1. The topological polar surface area (TPSA) is 75.4 Å². The highest BCUT2D eigenvalue weighted by Crippen LogP contribution is 2.49. The van der Waals surface area contributed by atoms with Crippen LogP contribution >= 0.6 is 0 Å². The Labute approximate surface area is 108 Å². The van der Waals surface area contributed by atoms with Gasteiger partial charge in [0.15, 0.2) is 17.3 Å². The molecule has 0 radical (unpaired) electrons. The summed E-state index contributed by atoms with van der Waals surface area (Å²) in [7, 11) is 0. The molecule has 0 atom stereocenters. The lowest BCUT2D eigenvalue weighted by Crippen LogP contribution is -2.18. The molecule has 0 amide bonds. The first-order valence-corrected chi connectivity index (χ1v) is 5.96. The van der Waals surface area contributed by atoms with Crippen molar-refractivity contribution >= 4 is 11.4 Å². The maximum Gasteiger partial charge on any atom is 0.295 e. The van der Waals surface area contributed by atoms with E-state index in [0.29, 0.717) is 6.42 Å². The number of hydrogen-bond donors (Lipinski definition) is 2. The van der Waals surface area contributed by atoms with E-state index in [1.165, 1.54) is 0 Å². The van der Waals surface area contributed by atoms with Gasteiger partial charge in [0.25, 0.3) is 5.69 Å². The molecule has 0 spiro atoms. The van der Waals surface area contributed by atoms with Gasteiger partial charge in [0.2, 0.25) is 0 Å². The maximum absolute atomic E-state index is 13.6. The van der Waals surface area contributed by atoms with Crippen LogP contribution in [-0.2, 0) is 0 Å². The van der Waals surface area contributed by atoms with Crippen LogP contribution in [-0.4, -0.2) is 23.2 Å². The Bertz CT molecular complexity index is 504. The Morgan fingerprint density at radius 2 is 2.11 bits per heavy atom. The lowest BCUT2D eigenvalue weighted by molar-refractivity contribution is -0.384. The minimum absolute atomic E-state index is 0.00933. The average Bonchev–Trinajstić information content (AvgIpc) is 3.11. The highest BCUT2D eigenvalue weighted by atomic mass is 19.2. The molecule has 1 saturated carbocycles. The summed E-state index contributed by atoms with van der Waals surface area (Å²) in [6, 6.07) is 1.67. The molecule has 0 bridgehead atoms. The molecule has 5 nitrogen and oxygen atoms in total. The number of halogens is 2. The van der Waals surface area contributed by atoms with Crippen LogP contribution in [0.4, 0.5) is 20.2 Å². The Balaban J connectivity index is 2.19. The van der Waals surface area contributed by atoms with Crippen molar-refractivity contribution in [2.75, 3.05) is 18.5 Å². The molecule has 19 heavy (non-hydrogen) atoms. The van der Waals surface area contributed by atoms with Crippen LogP contribution in [0.15, 0.2) is 12.1 Å². The van der Waals surface area contributed by atoms with Gasteiger partial charge in [-0.15, -0.1) is 0 Å². The average molecular weight is 272 g/mol. The van der Waals surface area contributed by atoms with Gasteiger partial charge in [-0.25, -0.2) is 8.78 Å². The first-order chi connectivity index (χ1) is 8.99. The Kier molecular flexibility index (Phi) is 3.66. The fraction of sp³-hybridized carbons (Fsp3) is 0.500. The zero-order valence-electron chi connectivity index (χ0n) is 10.2. The molecule has 1 fully saturated rings. The van der Waals surface area contributed by atoms with Gasteiger partial charge in [-0.2, -0.15) is 0 Å². The molecule has 1 aliphatic rings. The minimum atomic E-state index is -1.24. The fourth-order valence-corrected chi connectivity index (χ4v) is 2.07. The summed E-state index contributed by atoms with van der Waals surface area (Å²) in [6.07, 6.45) is 2.28. The van der Waals surface area contributed by atoms with Gasteiger partial charge in [0.05, 0.1) is 4.92 Å². The van der Waals surface area contributed by atoms with Crippen molar-refractivity contribution in [3.05, 3.63) is 33.9 Å². The van der Waals surface area contributed by atoms with E-state index >= 15 is 0 Å². The second kappa shape index (κ2) is 5.08. The predicted molar refractivity (Wildman–Crippen MR) is 64.9 cm³/mol. The highest BCUT2D eigenvalue weighted by molar-refractivity contribution is 5.62. The van der Waals surface area contributed by atoms with E-state index < -0.39 is 27.9 Å². The number of aliphatic hydroxyl groups is 1. The van der Waals surface area contributed by atoms with Gasteiger partial charge < -0.3 is 10.4 Å². The van der Waals surface area contributed by atoms with Crippen LogP contribution < -0.4 is 5.32 Å². The largest absolute Gasteiger partial charge is 0.396 e. The van der Waals surface area contributed by atoms with E-state index in [1.54, 1.807) is 0 Å². The van der Waals surface area contributed by atoms with Crippen molar-refractivity contribution in [1.29, 1.82) is 0 Å². The van der Waals surface area contributed by atoms with E-state index in [9.17, 15) is 18.9 Å². The molecule has 0 heterocycles. The quantitative estimate of drug-likeness (QED) is 0.616. The standard InChI is InChI=1S/C12H14F2N2O3/c13-8-1-2-9(16(18)19)11(10(8)14)15-7-12(3-4-12)5-6-17/h1-2,15,17H,3-7H2. The highest BCUT2D eigenvalue weighted by Gasteiger charge is 2.42. The smallest absolute Gasteiger partial charge is 0.295 e. The number of nitro groups is 1. The first-order valence-electron chi connectivity index (χ1n) is 5.96. The first kappa shape index (κ1) is 13.7. The summed E-state index contributed by atoms with van der Waals surface area (Å²) in [6.45, 7) is 0.296. The third-order valence-corrected chi connectivity index (χ3v) is 3.51. The van der Waals surface area contributed by atoms with Gasteiger partial charge in [-0.05, 0) is 30.7 Å². The normalized spacial score (nSPS) is 16.2. The van der Waals surface area contributed by atoms with E-state index in [1.807, 2.05) is 0 Å². The second-order valence-corrected chi connectivity index (χ2v) is 4.84. The molecule has 0 unspecified atom stereocenters. The van der Waals surface area contributed by atoms with Gasteiger partial charge >= 0.3 is 0 Å². The fourth-order valence-electron chi connectivity index (χ4n) is 2.07. The summed E-state index contributed by atoms with van der Waals surface area (Å²) in [4.78, 5) is 10.0. The van der Waals surface area contributed by atoms with Crippen molar-refractivity contribution in [1.82, 2.24) is 0 Å². The number of aliphatic hydroxyl groups excluding tert-OH is 1. The van der Waals surface area contributed by atoms with Crippen molar-refractivity contribution in [2.24, 2.45) is 5.41 Å². The van der Waals surface area contributed by atoms with Crippen molar-refractivity contribution in [2.45, 2.75) is 19.3 Å². The molecule has 2 rings (SSSR count). The van der Waals surface area contributed by atoms with Crippen LogP contribution in [0.3, 0.4) is 0 Å². The molecule has 104 valence electrons. The van der Waals surface area contributed by atoms with Gasteiger partial charge in [-0.3, -0.25) is 10.1 Å². The molecule has 0 saturated heterocycles. The zero-order chi connectivity index (χ0) is 14.0. The van der Waals surface area contributed by atoms with Gasteiger partial charge in [-0.1, -0.05) is 0 Å². The van der Waals surface area contributed by atoms with Gasteiger partial charge in [0.1, 0.15) is 0 Å². The lowest BCUT2D eigenvalue weighted by Gasteiger charge is -2.16. The summed E-state index contributed by atoms with van der Waals surface area (Å²) >= 11 is 0. The number of anilines is 1. The molecule has 1 aromatic rings. The number of nitrogens with zero attached hydrogens (tertiary/aromatic N) is 1. The molecule has 2 N–H and O–H groups in total. The molecular formula is C12H14F2N2O3. The zero-order valence-corrected chi connectivity index (χ0v) is 10.2. The lowest BCUT2D eigenvalue weighted by atomic mass is 10.0. The summed E-state index contributed by atoms with van der Waals surface area (Å²) < 4.78 is 26.7. The Hall–Kier alpha value is -1.76. The van der Waals surface area contributed by atoms with E-state index in [2.05, 4.69) is 5.32 Å². The van der Waals surface area contributed by atoms with Crippen molar-refractivity contribution < 1.29 is 18.8 Å². The monoisotopic (exact) mass is 272 g/mol. The van der Waals surface area contributed by atoms with Crippen LogP contribution in [0.5, 0.6) is 0 Å². The number of benzene rings is 1. The van der Waals surface area contributed by atoms with Crippen LogP contribution in [0.25, 0.3) is 0 Å². The minimum Gasteiger partial charge on any atom is -0.396 e.